The number of carbonyl (C=O) groups is 1. The number of rotatable bonds is 4. The molecule has 0 radical (unpaired) electrons. The summed E-state index contributed by atoms with van der Waals surface area (Å²) in [6, 6.07) is 5.18. The van der Waals surface area contributed by atoms with Crippen LogP contribution in [-0.2, 0) is 0 Å². The molecule has 1 aromatic carbocycles. The summed E-state index contributed by atoms with van der Waals surface area (Å²) in [4.78, 5) is 12.2. The molecule has 2 N–H and O–H groups in total. The molecule has 4 heteroatoms. The van der Waals surface area contributed by atoms with E-state index in [2.05, 4.69) is 42.0 Å². The number of para-hydroxylation sites is 1. The fourth-order valence-corrected chi connectivity index (χ4v) is 3.01. The molecule has 0 heterocycles. The van der Waals surface area contributed by atoms with Crippen molar-refractivity contribution in [2.45, 2.75) is 38.9 Å². The number of carbonyl (C=O) groups excluding carboxylic acids is 1. The van der Waals surface area contributed by atoms with Crippen LogP contribution in [0.4, 0.5) is 0 Å². The van der Waals surface area contributed by atoms with Gasteiger partial charge >= 0.3 is 0 Å². The first-order chi connectivity index (χ1) is 8.70. The number of benzene rings is 1. The summed E-state index contributed by atoms with van der Waals surface area (Å²) >= 11 is 3.57. The third-order valence-electron chi connectivity index (χ3n) is 2.80. The Hall–Kier alpha value is -1.03. The van der Waals surface area contributed by atoms with Crippen LogP contribution in [0, 0.1) is 12.3 Å². The fourth-order valence-electron chi connectivity index (χ4n) is 1.88. The standard InChI is InChI=1S/C15H22BrNO2/c1-10-6-5-7-12(13(10)18)14(19)17-9-11(16)8-15(2,3)4/h5-7,11,18H,8-9H2,1-4H3,(H,17,19). The summed E-state index contributed by atoms with van der Waals surface area (Å²) < 4.78 is 0. The molecule has 0 spiro atoms. The van der Waals surface area contributed by atoms with E-state index < -0.39 is 0 Å². The van der Waals surface area contributed by atoms with E-state index in [1.165, 1.54) is 0 Å². The van der Waals surface area contributed by atoms with Gasteiger partial charge < -0.3 is 10.4 Å². The largest absolute Gasteiger partial charge is 0.507 e. The second-order valence-corrected chi connectivity index (χ2v) is 7.34. The Labute approximate surface area is 123 Å². The van der Waals surface area contributed by atoms with Crippen molar-refractivity contribution in [1.82, 2.24) is 5.32 Å². The maximum Gasteiger partial charge on any atom is 0.255 e. The molecule has 0 saturated heterocycles. The zero-order valence-electron chi connectivity index (χ0n) is 12.0. The Morgan fingerprint density at radius 1 is 1.42 bits per heavy atom. The predicted octanol–water partition coefficient (Wildman–Crippen LogP) is 3.63. The molecule has 1 rings (SSSR count). The highest BCUT2D eigenvalue weighted by Crippen LogP contribution is 2.25. The minimum Gasteiger partial charge on any atom is -0.507 e. The van der Waals surface area contributed by atoms with E-state index in [-0.39, 0.29) is 21.9 Å². The van der Waals surface area contributed by atoms with E-state index in [0.29, 0.717) is 17.7 Å². The van der Waals surface area contributed by atoms with Crippen molar-refractivity contribution in [1.29, 1.82) is 0 Å². The van der Waals surface area contributed by atoms with Crippen LogP contribution in [-0.4, -0.2) is 22.4 Å². The molecule has 0 bridgehead atoms. The summed E-state index contributed by atoms with van der Waals surface area (Å²) in [7, 11) is 0. The molecule has 0 saturated carbocycles. The Balaban J connectivity index is 2.59. The van der Waals surface area contributed by atoms with Crippen molar-refractivity contribution in [3.05, 3.63) is 29.3 Å². The molecule has 0 aliphatic carbocycles. The molecule has 3 nitrogen and oxygen atoms in total. The minimum absolute atomic E-state index is 0.0574. The fraction of sp³-hybridized carbons (Fsp3) is 0.533. The van der Waals surface area contributed by atoms with Gasteiger partial charge in [-0.05, 0) is 30.4 Å². The number of hydrogen-bond acceptors (Lipinski definition) is 2. The molecule has 0 aliphatic heterocycles. The SMILES string of the molecule is Cc1cccc(C(=O)NCC(Br)CC(C)(C)C)c1O. The summed E-state index contributed by atoms with van der Waals surface area (Å²) in [5.41, 5.74) is 1.25. The number of phenolic OH excluding ortho intramolecular Hbond substituents is 1. The van der Waals surface area contributed by atoms with Crippen molar-refractivity contribution in [3.63, 3.8) is 0 Å². The van der Waals surface area contributed by atoms with Crippen LogP contribution in [0.1, 0.15) is 43.1 Å². The molecule has 1 atom stereocenters. The van der Waals surface area contributed by atoms with Crippen LogP contribution in [0.3, 0.4) is 0 Å². The van der Waals surface area contributed by atoms with Gasteiger partial charge in [0.05, 0.1) is 5.56 Å². The lowest BCUT2D eigenvalue weighted by molar-refractivity contribution is 0.0949. The quantitative estimate of drug-likeness (QED) is 0.829. The van der Waals surface area contributed by atoms with Gasteiger partial charge in [0.25, 0.3) is 5.91 Å². The van der Waals surface area contributed by atoms with Crippen molar-refractivity contribution in [2.24, 2.45) is 5.41 Å². The number of nitrogens with one attached hydrogen (secondary N) is 1. The highest BCUT2D eigenvalue weighted by atomic mass is 79.9. The number of aryl methyl sites for hydroxylation is 1. The third-order valence-corrected chi connectivity index (χ3v) is 3.45. The van der Waals surface area contributed by atoms with Gasteiger partial charge in [-0.2, -0.15) is 0 Å². The first kappa shape index (κ1) is 16.0. The molecular formula is C15H22BrNO2. The molecule has 1 unspecified atom stereocenters. The van der Waals surface area contributed by atoms with Gasteiger partial charge in [-0.15, -0.1) is 0 Å². The van der Waals surface area contributed by atoms with Gasteiger partial charge in [0.2, 0.25) is 0 Å². The number of amides is 1. The topological polar surface area (TPSA) is 49.3 Å². The summed E-state index contributed by atoms with van der Waals surface area (Å²) in [5, 5.41) is 12.7. The molecule has 1 aromatic rings. The third kappa shape index (κ3) is 5.23. The number of alkyl halides is 1. The van der Waals surface area contributed by atoms with Gasteiger partial charge in [-0.3, -0.25) is 4.79 Å². The summed E-state index contributed by atoms with van der Waals surface area (Å²) in [5.74, 6) is -0.179. The van der Waals surface area contributed by atoms with E-state index in [1.807, 2.05) is 0 Å². The molecule has 1 amide bonds. The zero-order chi connectivity index (χ0) is 14.6. The first-order valence-corrected chi connectivity index (χ1v) is 7.33. The number of hydrogen-bond donors (Lipinski definition) is 2. The lowest BCUT2D eigenvalue weighted by Crippen LogP contribution is -2.31. The van der Waals surface area contributed by atoms with E-state index in [0.717, 1.165) is 6.42 Å². The van der Waals surface area contributed by atoms with Gasteiger partial charge in [0.15, 0.2) is 0 Å². The Kier molecular flexibility index (Phi) is 5.41. The molecule has 0 fully saturated rings. The highest BCUT2D eigenvalue weighted by molar-refractivity contribution is 9.09. The average molecular weight is 328 g/mol. The minimum atomic E-state index is -0.237. The van der Waals surface area contributed by atoms with Gasteiger partial charge in [0.1, 0.15) is 5.75 Å². The number of phenols is 1. The normalized spacial score (nSPS) is 13.1. The average Bonchev–Trinajstić information content (AvgIpc) is 2.27. The van der Waals surface area contributed by atoms with Crippen molar-refractivity contribution < 1.29 is 9.90 Å². The second-order valence-electron chi connectivity index (χ2n) is 6.04. The second kappa shape index (κ2) is 6.42. The maximum atomic E-state index is 12.0. The zero-order valence-corrected chi connectivity index (χ0v) is 13.5. The van der Waals surface area contributed by atoms with E-state index in [9.17, 15) is 9.90 Å². The summed E-state index contributed by atoms with van der Waals surface area (Å²) in [6.45, 7) is 8.81. The number of aromatic hydroxyl groups is 1. The number of halogens is 1. The van der Waals surface area contributed by atoms with Gasteiger partial charge in [0, 0.05) is 11.4 Å². The van der Waals surface area contributed by atoms with Gasteiger partial charge in [-0.25, -0.2) is 0 Å². The predicted molar refractivity (Wildman–Crippen MR) is 82.0 cm³/mol. The van der Waals surface area contributed by atoms with Crippen LogP contribution < -0.4 is 5.32 Å². The van der Waals surface area contributed by atoms with E-state index >= 15 is 0 Å². The van der Waals surface area contributed by atoms with Crippen LogP contribution >= 0.6 is 15.9 Å². The monoisotopic (exact) mass is 327 g/mol. The Morgan fingerprint density at radius 3 is 2.63 bits per heavy atom. The Morgan fingerprint density at radius 2 is 2.05 bits per heavy atom. The molecule has 19 heavy (non-hydrogen) atoms. The highest BCUT2D eigenvalue weighted by Gasteiger charge is 2.18. The molecular weight excluding hydrogens is 306 g/mol. The van der Waals surface area contributed by atoms with Crippen molar-refractivity contribution >= 4 is 21.8 Å². The first-order valence-electron chi connectivity index (χ1n) is 6.41. The lowest BCUT2D eigenvalue weighted by Gasteiger charge is -2.22. The van der Waals surface area contributed by atoms with Gasteiger partial charge in [-0.1, -0.05) is 48.8 Å². The van der Waals surface area contributed by atoms with E-state index in [1.54, 1.807) is 25.1 Å². The smallest absolute Gasteiger partial charge is 0.255 e. The summed E-state index contributed by atoms with van der Waals surface area (Å²) in [6.07, 6.45) is 0.965. The van der Waals surface area contributed by atoms with Crippen LogP contribution in [0.5, 0.6) is 5.75 Å². The van der Waals surface area contributed by atoms with Crippen molar-refractivity contribution in [3.8, 4) is 5.75 Å². The molecule has 0 aromatic heterocycles. The molecule has 106 valence electrons. The lowest BCUT2D eigenvalue weighted by atomic mass is 9.90. The maximum absolute atomic E-state index is 12.0. The van der Waals surface area contributed by atoms with Crippen LogP contribution in [0.25, 0.3) is 0 Å². The Bertz CT molecular complexity index is 452. The van der Waals surface area contributed by atoms with E-state index in [4.69, 9.17) is 0 Å². The van der Waals surface area contributed by atoms with Crippen LogP contribution in [0.2, 0.25) is 0 Å². The molecule has 0 aliphatic rings. The van der Waals surface area contributed by atoms with Crippen molar-refractivity contribution in [2.75, 3.05) is 6.54 Å². The van der Waals surface area contributed by atoms with Crippen LogP contribution in [0.15, 0.2) is 18.2 Å².